The number of aromatic nitrogens is 4. The van der Waals surface area contributed by atoms with Crippen LogP contribution in [0.5, 0.6) is 0 Å². The normalized spacial score (nSPS) is 15.0. The highest BCUT2D eigenvalue weighted by Gasteiger charge is 2.25. The largest absolute Gasteiger partial charge is 0.390 e. The molecular weight excluding hydrogens is 435 g/mol. The van der Waals surface area contributed by atoms with Gasteiger partial charge in [-0.15, -0.1) is 0 Å². The Morgan fingerprint density at radius 3 is 2.82 bits per heavy atom. The van der Waals surface area contributed by atoms with Crippen LogP contribution in [0.2, 0.25) is 0 Å². The van der Waals surface area contributed by atoms with E-state index in [1.165, 1.54) is 44.6 Å². The molecule has 0 aliphatic heterocycles. The van der Waals surface area contributed by atoms with Crippen LogP contribution in [0.3, 0.4) is 0 Å². The van der Waals surface area contributed by atoms with Crippen molar-refractivity contribution in [2.75, 3.05) is 7.05 Å². The van der Waals surface area contributed by atoms with Crippen LogP contribution in [0, 0.1) is 17.1 Å². The standard InChI is InChI=1S/C24H25FN8O/c1-28-12-18(19(27)10-26)16-7-14(8-17(25)9-16)11-29-24(34)20-21-22(31-13-30-20)32-23(33(21)2)15-5-3-4-6-15/h7-9,12-13,15H,3-6,11,27H2,1-2H3,(H,29,34). The predicted octanol–water partition coefficient (Wildman–Crippen LogP) is 2.98. The second-order valence-corrected chi connectivity index (χ2v) is 8.26. The van der Waals surface area contributed by atoms with Crippen molar-refractivity contribution in [2.45, 2.75) is 38.1 Å². The van der Waals surface area contributed by atoms with Crippen molar-refractivity contribution in [3.63, 3.8) is 0 Å². The zero-order valence-corrected chi connectivity index (χ0v) is 19.0. The Labute approximate surface area is 196 Å². The average Bonchev–Trinajstić information content (AvgIpc) is 3.48. The molecule has 0 radical (unpaired) electrons. The van der Waals surface area contributed by atoms with Crippen molar-refractivity contribution in [3.8, 4) is 6.07 Å². The molecule has 0 spiro atoms. The maximum atomic E-state index is 14.3. The van der Waals surface area contributed by atoms with Crippen molar-refractivity contribution < 1.29 is 9.18 Å². The van der Waals surface area contributed by atoms with Gasteiger partial charge in [-0.1, -0.05) is 12.8 Å². The number of hydrogen-bond acceptors (Lipinski definition) is 7. The Kier molecular flexibility index (Phi) is 6.63. The summed E-state index contributed by atoms with van der Waals surface area (Å²) in [6.45, 7) is 0.0471. The van der Waals surface area contributed by atoms with Gasteiger partial charge in [-0.25, -0.2) is 19.3 Å². The molecule has 2 heterocycles. The van der Waals surface area contributed by atoms with Gasteiger partial charge in [0.25, 0.3) is 5.91 Å². The zero-order valence-electron chi connectivity index (χ0n) is 19.0. The number of nitrogens with zero attached hydrogens (tertiary/aromatic N) is 6. The van der Waals surface area contributed by atoms with Gasteiger partial charge < -0.3 is 15.6 Å². The number of aryl methyl sites for hydroxylation is 1. The maximum Gasteiger partial charge on any atom is 0.272 e. The first-order chi connectivity index (χ1) is 16.4. The lowest BCUT2D eigenvalue weighted by atomic mass is 10.0. The molecule has 3 aromatic rings. The first-order valence-corrected chi connectivity index (χ1v) is 11.0. The second kappa shape index (κ2) is 9.79. The Balaban J connectivity index is 1.60. The third-order valence-corrected chi connectivity index (χ3v) is 6.03. The molecule has 10 heteroatoms. The van der Waals surface area contributed by atoms with Gasteiger partial charge in [0.05, 0.1) is 0 Å². The summed E-state index contributed by atoms with van der Waals surface area (Å²) in [5.41, 5.74) is 8.16. The van der Waals surface area contributed by atoms with Crippen LogP contribution in [0.15, 0.2) is 35.2 Å². The molecule has 3 N–H and O–H groups in total. The molecule has 0 bridgehead atoms. The lowest BCUT2D eigenvalue weighted by Gasteiger charge is -2.11. The summed E-state index contributed by atoms with van der Waals surface area (Å²) in [4.78, 5) is 30.1. The number of halogens is 1. The number of benzene rings is 1. The van der Waals surface area contributed by atoms with Crippen LogP contribution in [0.4, 0.5) is 4.39 Å². The zero-order chi connectivity index (χ0) is 24.2. The maximum absolute atomic E-state index is 14.3. The molecule has 1 amide bonds. The molecule has 1 aliphatic rings. The van der Waals surface area contributed by atoms with Crippen LogP contribution in [-0.2, 0) is 13.6 Å². The summed E-state index contributed by atoms with van der Waals surface area (Å²) in [7, 11) is 3.41. The van der Waals surface area contributed by atoms with Crippen LogP contribution in [-0.4, -0.2) is 38.7 Å². The molecule has 1 saturated carbocycles. The molecule has 0 atom stereocenters. The smallest absolute Gasteiger partial charge is 0.272 e. The number of fused-ring (bicyclic) bond motifs is 1. The average molecular weight is 461 g/mol. The summed E-state index contributed by atoms with van der Waals surface area (Å²) in [6.07, 6.45) is 7.21. The molecule has 1 fully saturated rings. The Bertz CT molecular complexity index is 1340. The van der Waals surface area contributed by atoms with Gasteiger partial charge in [0.15, 0.2) is 11.3 Å². The lowest BCUT2D eigenvalue weighted by Crippen LogP contribution is -2.25. The molecule has 0 saturated heterocycles. The van der Waals surface area contributed by atoms with Crippen molar-refractivity contribution in [3.05, 3.63) is 58.7 Å². The van der Waals surface area contributed by atoms with Gasteiger partial charge in [0, 0.05) is 38.3 Å². The van der Waals surface area contributed by atoms with E-state index < -0.39 is 11.7 Å². The van der Waals surface area contributed by atoms with E-state index in [0.29, 0.717) is 33.8 Å². The van der Waals surface area contributed by atoms with E-state index in [9.17, 15) is 9.18 Å². The highest BCUT2D eigenvalue weighted by Crippen LogP contribution is 2.34. The number of carbonyl (C=O) groups is 1. The Morgan fingerprint density at radius 2 is 2.12 bits per heavy atom. The minimum atomic E-state index is -0.522. The number of nitrogens with two attached hydrogens (primary N) is 1. The van der Waals surface area contributed by atoms with Gasteiger partial charge >= 0.3 is 0 Å². The summed E-state index contributed by atoms with van der Waals surface area (Å²) < 4.78 is 16.2. The van der Waals surface area contributed by atoms with E-state index in [-0.39, 0.29) is 17.9 Å². The highest BCUT2D eigenvalue weighted by molar-refractivity contribution is 6.11. The van der Waals surface area contributed by atoms with E-state index in [2.05, 4.69) is 25.3 Å². The van der Waals surface area contributed by atoms with Crippen molar-refractivity contribution in [2.24, 2.45) is 17.8 Å². The topological polar surface area (TPSA) is 135 Å². The number of carbonyl (C=O) groups excluding carboxylic acids is 1. The fourth-order valence-corrected chi connectivity index (χ4v) is 4.44. The fraction of sp³-hybridized carbons (Fsp3) is 0.333. The monoisotopic (exact) mass is 460 g/mol. The quantitative estimate of drug-likeness (QED) is 0.429. The van der Waals surface area contributed by atoms with Gasteiger partial charge in [-0.05, 0) is 42.2 Å². The van der Waals surface area contributed by atoms with E-state index in [0.717, 1.165) is 18.7 Å². The number of hydrogen-bond donors (Lipinski definition) is 2. The summed E-state index contributed by atoms with van der Waals surface area (Å²) in [5, 5.41) is 11.9. The van der Waals surface area contributed by atoms with E-state index >= 15 is 0 Å². The molecule has 0 unspecified atom stereocenters. The number of amides is 1. The number of aliphatic imine (C=N–C) groups is 1. The number of nitriles is 1. The molecule has 4 rings (SSSR count). The summed E-state index contributed by atoms with van der Waals surface area (Å²) in [6, 6.07) is 6.09. The number of allylic oxidation sites excluding steroid dienone is 2. The third-order valence-electron chi connectivity index (χ3n) is 6.03. The number of rotatable bonds is 6. The molecule has 34 heavy (non-hydrogen) atoms. The van der Waals surface area contributed by atoms with Crippen molar-refractivity contribution in [1.82, 2.24) is 24.8 Å². The molecule has 1 aromatic carbocycles. The van der Waals surface area contributed by atoms with Crippen molar-refractivity contribution in [1.29, 1.82) is 5.26 Å². The first-order valence-electron chi connectivity index (χ1n) is 11.0. The minimum Gasteiger partial charge on any atom is -0.390 e. The molecule has 1 aliphatic carbocycles. The summed E-state index contributed by atoms with van der Waals surface area (Å²) >= 11 is 0. The van der Waals surface area contributed by atoms with Gasteiger partial charge in [0.1, 0.15) is 35.3 Å². The third kappa shape index (κ3) is 4.50. The van der Waals surface area contributed by atoms with Gasteiger partial charge in [-0.3, -0.25) is 9.79 Å². The van der Waals surface area contributed by atoms with Gasteiger partial charge in [-0.2, -0.15) is 5.26 Å². The first kappa shape index (κ1) is 23.0. The molecule has 2 aromatic heterocycles. The van der Waals surface area contributed by atoms with E-state index in [1.807, 2.05) is 17.7 Å². The van der Waals surface area contributed by atoms with Crippen LogP contribution in [0.25, 0.3) is 16.7 Å². The van der Waals surface area contributed by atoms with E-state index in [1.54, 1.807) is 6.07 Å². The highest BCUT2D eigenvalue weighted by atomic mass is 19.1. The number of imidazole rings is 1. The predicted molar refractivity (Wildman–Crippen MR) is 126 cm³/mol. The fourth-order valence-electron chi connectivity index (χ4n) is 4.44. The Morgan fingerprint density at radius 1 is 1.35 bits per heavy atom. The molecule has 9 nitrogen and oxygen atoms in total. The molecular formula is C24H25FN8O. The van der Waals surface area contributed by atoms with Gasteiger partial charge in [0.2, 0.25) is 0 Å². The second-order valence-electron chi connectivity index (χ2n) is 8.26. The van der Waals surface area contributed by atoms with Crippen LogP contribution >= 0.6 is 0 Å². The van der Waals surface area contributed by atoms with E-state index in [4.69, 9.17) is 11.0 Å². The molecule has 174 valence electrons. The van der Waals surface area contributed by atoms with Crippen LogP contribution < -0.4 is 11.1 Å². The van der Waals surface area contributed by atoms with Crippen LogP contribution in [0.1, 0.15) is 59.0 Å². The minimum absolute atomic E-state index is 0.0471. The lowest BCUT2D eigenvalue weighted by molar-refractivity contribution is 0.0947. The SMILES string of the molecule is CN=CC(=C(N)C#N)c1cc(F)cc(CNC(=O)c2ncnc3nc(C4CCCC4)n(C)c23)c1. The van der Waals surface area contributed by atoms with Crippen molar-refractivity contribution >= 4 is 28.9 Å². The number of nitrogens with one attached hydrogen (secondary N) is 1. The summed E-state index contributed by atoms with van der Waals surface area (Å²) in [5.74, 6) is 0.341. The Hall–Kier alpha value is -4.13.